The first-order valence-corrected chi connectivity index (χ1v) is 7.48. The number of nitrogens with one attached hydrogen (secondary N) is 2. The minimum atomic E-state index is -3.20. The Labute approximate surface area is 150 Å². The van der Waals surface area contributed by atoms with Gasteiger partial charge in [-0.1, -0.05) is 12.1 Å². The molecule has 27 heavy (non-hydrogen) atoms. The Morgan fingerprint density at radius 3 is 2.48 bits per heavy atom. The number of aliphatic hydroxyl groups is 1. The van der Waals surface area contributed by atoms with E-state index in [0.29, 0.717) is 5.56 Å². The van der Waals surface area contributed by atoms with Gasteiger partial charge >= 0.3 is 12.6 Å². The number of non-ortho nitro benzene ring substituents is 1. The molecule has 0 radical (unpaired) electrons. The second-order valence-electron chi connectivity index (χ2n) is 5.22. The molecule has 2 rings (SSSR count). The predicted octanol–water partition coefficient (Wildman–Crippen LogP) is 3.19. The molecule has 0 bridgehead atoms. The third-order valence-electron chi connectivity index (χ3n) is 3.35. The van der Waals surface area contributed by atoms with Gasteiger partial charge in [-0.3, -0.25) is 10.1 Å². The van der Waals surface area contributed by atoms with Gasteiger partial charge in [0.2, 0.25) is 0 Å². The van der Waals surface area contributed by atoms with Crippen molar-refractivity contribution in [3.05, 3.63) is 64.0 Å². The number of amides is 2. The monoisotopic (exact) mass is 385 g/mol. The molecule has 11 heteroatoms. The predicted molar refractivity (Wildman–Crippen MR) is 88.1 cm³/mol. The summed E-state index contributed by atoms with van der Waals surface area (Å²) in [6.07, 6.45) is -1.15. The molecule has 1 atom stereocenters. The lowest BCUT2D eigenvalue weighted by molar-refractivity contribution is -0.384. The summed E-state index contributed by atoms with van der Waals surface area (Å²) in [5, 5.41) is 25.1. The number of urea groups is 1. The van der Waals surface area contributed by atoms with Gasteiger partial charge in [-0.25, -0.2) is 9.18 Å². The summed E-state index contributed by atoms with van der Waals surface area (Å²) < 4.78 is 41.9. The second-order valence-corrected chi connectivity index (χ2v) is 5.22. The van der Waals surface area contributed by atoms with E-state index in [1.807, 2.05) is 0 Å². The Morgan fingerprint density at radius 1 is 1.22 bits per heavy atom. The lowest BCUT2D eigenvalue weighted by Crippen LogP contribution is -2.32. The van der Waals surface area contributed by atoms with E-state index in [1.165, 1.54) is 12.1 Å². The summed E-state index contributed by atoms with van der Waals surface area (Å²) in [6.45, 7) is -3.48. The van der Waals surface area contributed by atoms with Gasteiger partial charge in [0.15, 0.2) is 0 Å². The van der Waals surface area contributed by atoms with Crippen LogP contribution in [0.15, 0.2) is 42.5 Å². The molecule has 8 nitrogen and oxygen atoms in total. The molecule has 0 aliphatic carbocycles. The number of carbonyl (C=O) groups excluding carboxylic acids is 1. The molecule has 0 heterocycles. The number of hydrogen-bond acceptors (Lipinski definition) is 5. The number of rotatable bonds is 7. The van der Waals surface area contributed by atoms with E-state index in [0.717, 1.165) is 30.3 Å². The summed E-state index contributed by atoms with van der Waals surface area (Å²) in [6, 6.07) is 6.73. The molecule has 0 spiro atoms. The summed E-state index contributed by atoms with van der Waals surface area (Å²) in [5.74, 6) is -0.960. The highest BCUT2D eigenvalue weighted by atomic mass is 19.3. The summed E-state index contributed by atoms with van der Waals surface area (Å²) in [5.41, 5.74) is -0.453. The molecule has 2 aromatic carbocycles. The number of nitrogens with zero attached hydrogens (tertiary/aromatic N) is 1. The van der Waals surface area contributed by atoms with E-state index in [1.54, 1.807) is 0 Å². The van der Waals surface area contributed by atoms with Gasteiger partial charge in [-0.2, -0.15) is 8.78 Å². The number of hydrogen-bond donors (Lipinski definition) is 3. The smallest absolute Gasteiger partial charge is 0.387 e. The highest BCUT2D eigenvalue weighted by Crippen LogP contribution is 2.30. The first kappa shape index (κ1) is 20.0. The van der Waals surface area contributed by atoms with Crippen LogP contribution in [0.1, 0.15) is 11.7 Å². The fraction of sp³-hybridized carbons (Fsp3) is 0.188. The van der Waals surface area contributed by atoms with Gasteiger partial charge in [0.1, 0.15) is 11.6 Å². The minimum Gasteiger partial charge on any atom is -0.433 e. The van der Waals surface area contributed by atoms with Gasteiger partial charge in [-0.05, 0) is 23.8 Å². The molecule has 144 valence electrons. The maximum atomic E-state index is 12.8. The van der Waals surface area contributed by atoms with E-state index in [4.69, 9.17) is 0 Å². The minimum absolute atomic E-state index is 0.280. The first-order chi connectivity index (χ1) is 12.8. The molecule has 0 aromatic heterocycles. The molecular weight excluding hydrogens is 371 g/mol. The van der Waals surface area contributed by atoms with Crippen LogP contribution in [0.5, 0.6) is 5.75 Å². The average molecular weight is 385 g/mol. The fourth-order valence-corrected chi connectivity index (χ4v) is 2.09. The third kappa shape index (κ3) is 5.85. The number of ether oxygens (including phenoxy) is 1. The van der Waals surface area contributed by atoms with Crippen molar-refractivity contribution in [2.45, 2.75) is 12.7 Å². The molecule has 0 saturated heterocycles. The molecule has 0 fully saturated rings. The van der Waals surface area contributed by atoms with Gasteiger partial charge in [-0.15, -0.1) is 0 Å². The number of alkyl halides is 2. The zero-order chi connectivity index (χ0) is 20.0. The van der Waals surface area contributed by atoms with Crippen molar-refractivity contribution in [2.24, 2.45) is 0 Å². The Hall–Kier alpha value is -3.34. The molecule has 0 aliphatic rings. The average Bonchev–Trinajstić information content (AvgIpc) is 2.61. The largest absolute Gasteiger partial charge is 0.433 e. The standard InChI is InChI=1S/C16H14F3N3O5/c17-10-3-1-9(2-4-10)13(23)8-20-16(24)21-12-7-11(22(25)26)5-6-14(12)27-15(18)19/h1-7,13,15,23H,8H2,(H2,20,21,24). The zero-order valence-corrected chi connectivity index (χ0v) is 13.6. The lowest BCUT2D eigenvalue weighted by atomic mass is 10.1. The Morgan fingerprint density at radius 2 is 1.89 bits per heavy atom. The molecule has 2 aromatic rings. The zero-order valence-electron chi connectivity index (χ0n) is 13.6. The number of halogens is 3. The number of anilines is 1. The van der Waals surface area contributed by atoms with Gasteiger partial charge in [0, 0.05) is 18.7 Å². The van der Waals surface area contributed by atoms with Crippen LogP contribution in [0.4, 0.5) is 29.3 Å². The van der Waals surface area contributed by atoms with E-state index in [9.17, 15) is 33.2 Å². The molecule has 3 N–H and O–H groups in total. The van der Waals surface area contributed by atoms with E-state index < -0.39 is 40.9 Å². The van der Waals surface area contributed by atoms with E-state index in [2.05, 4.69) is 15.4 Å². The highest BCUT2D eigenvalue weighted by molar-refractivity contribution is 5.91. The van der Waals surface area contributed by atoms with Crippen LogP contribution in [-0.2, 0) is 0 Å². The van der Waals surface area contributed by atoms with Crippen molar-refractivity contribution in [3.8, 4) is 5.75 Å². The van der Waals surface area contributed by atoms with Crippen LogP contribution in [-0.4, -0.2) is 29.2 Å². The van der Waals surface area contributed by atoms with Crippen molar-refractivity contribution in [2.75, 3.05) is 11.9 Å². The molecular formula is C16H14F3N3O5. The summed E-state index contributed by atoms with van der Waals surface area (Å²) >= 11 is 0. The van der Waals surface area contributed by atoms with Crippen LogP contribution < -0.4 is 15.4 Å². The maximum Gasteiger partial charge on any atom is 0.387 e. The number of carbonyl (C=O) groups is 1. The van der Waals surface area contributed by atoms with Crippen LogP contribution >= 0.6 is 0 Å². The molecule has 0 saturated carbocycles. The Bertz CT molecular complexity index is 817. The summed E-state index contributed by atoms with van der Waals surface area (Å²) in [7, 11) is 0. The topological polar surface area (TPSA) is 114 Å². The highest BCUT2D eigenvalue weighted by Gasteiger charge is 2.17. The first-order valence-electron chi connectivity index (χ1n) is 7.48. The van der Waals surface area contributed by atoms with Crippen LogP contribution in [0, 0.1) is 15.9 Å². The lowest BCUT2D eigenvalue weighted by Gasteiger charge is -2.15. The Kier molecular flexibility index (Phi) is 6.55. The quantitative estimate of drug-likeness (QED) is 0.500. The number of aliphatic hydroxyl groups excluding tert-OH is 1. The van der Waals surface area contributed by atoms with Crippen LogP contribution in [0.25, 0.3) is 0 Å². The molecule has 0 aliphatic heterocycles. The van der Waals surface area contributed by atoms with Crippen molar-refractivity contribution < 1.29 is 32.7 Å². The molecule has 1 unspecified atom stereocenters. The maximum absolute atomic E-state index is 12.8. The van der Waals surface area contributed by atoms with Crippen LogP contribution in [0.3, 0.4) is 0 Å². The number of nitro groups is 1. The van der Waals surface area contributed by atoms with Gasteiger partial charge in [0.25, 0.3) is 5.69 Å². The fourth-order valence-electron chi connectivity index (χ4n) is 2.09. The third-order valence-corrected chi connectivity index (χ3v) is 3.35. The molecule has 2 amide bonds. The Balaban J connectivity index is 2.04. The van der Waals surface area contributed by atoms with Gasteiger partial charge < -0.3 is 20.5 Å². The van der Waals surface area contributed by atoms with Crippen molar-refractivity contribution >= 4 is 17.4 Å². The van der Waals surface area contributed by atoms with Crippen LogP contribution in [0.2, 0.25) is 0 Å². The van der Waals surface area contributed by atoms with E-state index >= 15 is 0 Å². The van der Waals surface area contributed by atoms with Gasteiger partial charge in [0.05, 0.1) is 16.7 Å². The van der Waals surface area contributed by atoms with E-state index in [-0.39, 0.29) is 12.2 Å². The number of benzene rings is 2. The SMILES string of the molecule is O=C(NCC(O)c1ccc(F)cc1)Nc1cc([N+](=O)[O-])ccc1OC(F)F. The van der Waals surface area contributed by atoms with Crippen molar-refractivity contribution in [1.29, 1.82) is 0 Å². The van der Waals surface area contributed by atoms with Crippen molar-refractivity contribution in [1.82, 2.24) is 5.32 Å². The number of nitro benzene ring substituents is 1. The second kappa shape index (κ2) is 8.85. The normalized spacial score (nSPS) is 11.7. The summed E-state index contributed by atoms with van der Waals surface area (Å²) in [4.78, 5) is 21.9. The van der Waals surface area contributed by atoms with Crippen molar-refractivity contribution in [3.63, 3.8) is 0 Å².